The third-order valence-electron chi connectivity index (χ3n) is 5.90. The number of phenols is 1. The van der Waals surface area contributed by atoms with Crippen molar-refractivity contribution in [3.05, 3.63) is 53.1 Å². The molecule has 0 aliphatic carbocycles. The van der Waals surface area contributed by atoms with Gasteiger partial charge in [-0.2, -0.15) is 0 Å². The fourth-order valence-corrected chi connectivity index (χ4v) is 4.17. The second-order valence-corrected chi connectivity index (χ2v) is 10.4. The van der Waals surface area contributed by atoms with Crippen molar-refractivity contribution < 1.29 is 19.4 Å². The first-order chi connectivity index (χ1) is 15.9. The van der Waals surface area contributed by atoms with Crippen LogP contribution in [0.4, 0.5) is 5.69 Å². The quantitative estimate of drug-likeness (QED) is 0.267. The van der Waals surface area contributed by atoms with E-state index in [1.807, 2.05) is 32.0 Å². The number of amides is 1. The van der Waals surface area contributed by atoms with Crippen LogP contribution in [-0.4, -0.2) is 22.9 Å². The number of nitrogens with one attached hydrogen (secondary N) is 1. The van der Waals surface area contributed by atoms with E-state index >= 15 is 0 Å². The summed E-state index contributed by atoms with van der Waals surface area (Å²) in [6.45, 7) is 13.8. The average Bonchev–Trinajstić information content (AvgIpc) is 2.72. The Morgan fingerprint density at radius 3 is 2.35 bits per heavy atom. The van der Waals surface area contributed by atoms with Crippen molar-refractivity contribution in [2.45, 2.75) is 98.0 Å². The van der Waals surface area contributed by atoms with Crippen molar-refractivity contribution in [3.63, 3.8) is 0 Å². The van der Waals surface area contributed by atoms with Gasteiger partial charge >= 0.3 is 0 Å². The fourth-order valence-electron chi connectivity index (χ4n) is 4.17. The number of unbranched alkanes of at least 4 members (excludes halogenated alkanes) is 2. The number of Topliss-reactive ketones (excluding diaryl/α,β-unsaturated/α-hetero) is 1. The molecule has 5 nitrogen and oxygen atoms in total. The van der Waals surface area contributed by atoms with Gasteiger partial charge in [-0.15, -0.1) is 0 Å². The van der Waals surface area contributed by atoms with Crippen LogP contribution in [0, 0.1) is 0 Å². The summed E-state index contributed by atoms with van der Waals surface area (Å²) in [6.07, 6.45) is 4.27. The highest BCUT2D eigenvalue weighted by molar-refractivity contribution is 5.98. The van der Waals surface area contributed by atoms with Crippen LogP contribution in [0.5, 0.6) is 11.5 Å². The van der Waals surface area contributed by atoms with Crippen LogP contribution >= 0.6 is 0 Å². The molecule has 0 bridgehead atoms. The first-order valence-electron chi connectivity index (χ1n) is 12.4. The van der Waals surface area contributed by atoms with Crippen LogP contribution in [0.1, 0.15) is 108 Å². The third kappa shape index (κ3) is 7.89. The van der Waals surface area contributed by atoms with E-state index in [-0.39, 0.29) is 41.3 Å². The smallest absolute Gasteiger partial charge is 0.224 e. The predicted octanol–water partition coefficient (Wildman–Crippen LogP) is 7.37. The maximum absolute atomic E-state index is 13.3. The molecule has 2 N–H and O–H groups in total. The molecule has 1 atom stereocenters. The lowest BCUT2D eigenvalue weighted by Gasteiger charge is -2.25. The third-order valence-corrected chi connectivity index (χ3v) is 5.90. The molecule has 0 aromatic heterocycles. The zero-order valence-corrected chi connectivity index (χ0v) is 21.8. The zero-order chi connectivity index (χ0) is 25.5. The van der Waals surface area contributed by atoms with Crippen molar-refractivity contribution in [2.75, 3.05) is 5.32 Å². The number of rotatable bonds is 11. The summed E-state index contributed by atoms with van der Waals surface area (Å²) >= 11 is 0. The molecule has 2 rings (SSSR count). The highest BCUT2D eigenvalue weighted by Crippen LogP contribution is 2.37. The molecular formula is C29H41NO4. The van der Waals surface area contributed by atoms with E-state index in [4.69, 9.17) is 4.74 Å². The standard InChI is InChI=1S/C29H41NO4/c1-8-9-10-11-22(24-14-13-23(32)18-27(24)34-19(2)3)17-28(33)30-26-16-21(20(4)31)12-15-25(26)29(5,6)7/h12-16,18-19,22,32H,8-11,17H2,1-7H3,(H,30,33). The molecule has 1 unspecified atom stereocenters. The van der Waals surface area contributed by atoms with E-state index in [2.05, 4.69) is 33.0 Å². The molecule has 0 spiro atoms. The van der Waals surface area contributed by atoms with Crippen LogP contribution in [-0.2, 0) is 10.2 Å². The second-order valence-electron chi connectivity index (χ2n) is 10.4. The van der Waals surface area contributed by atoms with E-state index in [1.54, 1.807) is 18.2 Å². The van der Waals surface area contributed by atoms with E-state index < -0.39 is 0 Å². The first-order valence-corrected chi connectivity index (χ1v) is 12.4. The lowest BCUT2D eigenvalue weighted by Crippen LogP contribution is -2.21. The lowest BCUT2D eigenvalue weighted by molar-refractivity contribution is -0.116. The molecule has 34 heavy (non-hydrogen) atoms. The van der Waals surface area contributed by atoms with Gasteiger partial charge in [0.2, 0.25) is 5.91 Å². The van der Waals surface area contributed by atoms with Crippen LogP contribution in [0.2, 0.25) is 0 Å². The molecule has 0 saturated carbocycles. The number of hydrogen-bond acceptors (Lipinski definition) is 4. The van der Waals surface area contributed by atoms with Crippen molar-refractivity contribution in [1.82, 2.24) is 0 Å². The van der Waals surface area contributed by atoms with Gasteiger partial charge in [-0.3, -0.25) is 9.59 Å². The minimum absolute atomic E-state index is 0.0343. The van der Waals surface area contributed by atoms with Crippen LogP contribution in [0.25, 0.3) is 0 Å². The summed E-state index contributed by atoms with van der Waals surface area (Å²) in [5.41, 5.74) is 3.00. The average molecular weight is 468 g/mol. The van der Waals surface area contributed by atoms with Crippen LogP contribution in [0.15, 0.2) is 36.4 Å². The van der Waals surface area contributed by atoms with Crippen LogP contribution in [0.3, 0.4) is 0 Å². The maximum Gasteiger partial charge on any atom is 0.224 e. The summed E-state index contributed by atoms with van der Waals surface area (Å²) in [7, 11) is 0. The van der Waals surface area contributed by atoms with Crippen molar-refractivity contribution in [1.29, 1.82) is 0 Å². The van der Waals surface area contributed by atoms with E-state index in [0.29, 0.717) is 17.0 Å². The molecule has 2 aromatic carbocycles. The SMILES string of the molecule is CCCCCC(CC(=O)Nc1cc(C(C)=O)ccc1C(C)(C)C)c1ccc(O)cc1OC(C)C. The van der Waals surface area contributed by atoms with Gasteiger partial charge in [0.1, 0.15) is 11.5 Å². The lowest BCUT2D eigenvalue weighted by atomic mass is 9.84. The number of carbonyl (C=O) groups excluding carboxylic acids is 2. The van der Waals surface area contributed by atoms with Crippen molar-refractivity contribution in [3.8, 4) is 11.5 Å². The van der Waals surface area contributed by atoms with Gasteiger partial charge in [0.05, 0.1) is 6.10 Å². The normalized spacial score (nSPS) is 12.5. The topological polar surface area (TPSA) is 75.6 Å². The Bertz CT molecular complexity index is 988. The summed E-state index contributed by atoms with van der Waals surface area (Å²) in [5, 5.41) is 13.1. The highest BCUT2D eigenvalue weighted by Gasteiger charge is 2.24. The Labute approximate surface area is 204 Å². The van der Waals surface area contributed by atoms with E-state index in [9.17, 15) is 14.7 Å². The van der Waals surface area contributed by atoms with Gasteiger partial charge in [0.25, 0.3) is 0 Å². The Hall–Kier alpha value is -2.82. The Kier molecular flexibility index (Phi) is 9.72. The summed E-state index contributed by atoms with van der Waals surface area (Å²) < 4.78 is 5.99. The number of benzene rings is 2. The fraction of sp³-hybridized carbons (Fsp3) is 0.517. The molecule has 186 valence electrons. The molecule has 0 aliphatic heterocycles. The Morgan fingerprint density at radius 1 is 1.06 bits per heavy atom. The Balaban J connectivity index is 2.36. The minimum Gasteiger partial charge on any atom is -0.508 e. The molecule has 0 radical (unpaired) electrons. The van der Waals surface area contributed by atoms with Gasteiger partial charge in [-0.05, 0) is 61.8 Å². The number of carbonyl (C=O) groups is 2. The van der Waals surface area contributed by atoms with E-state index in [1.165, 1.54) is 6.92 Å². The number of aromatic hydroxyl groups is 1. The maximum atomic E-state index is 13.3. The second kappa shape index (κ2) is 12.0. The predicted molar refractivity (Wildman–Crippen MR) is 139 cm³/mol. The van der Waals surface area contributed by atoms with E-state index in [0.717, 1.165) is 36.8 Å². The van der Waals surface area contributed by atoms with Gasteiger partial charge in [0.15, 0.2) is 5.78 Å². The molecular weight excluding hydrogens is 426 g/mol. The van der Waals surface area contributed by atoms with Gasteiger partial charge in [-0.25, -0.2) is 0 Å². The number of phenolic OH excluding ortho intramolecular Hbond substituents is 1. The largest absolute Gasteiger partial charge is 0.508 e. The monoisotopic (exact) mass is 467 g/mol. The number of ether oxygens (including phenoxy) is 1. The molecule has 0 aliphatic rings. The number of anilines is 1. The van der Waals surface area contributed by atoms with Gasteiger partial charge in [-0.1, -0.05) is 65.2 Å². The summed E-state index contributed by atoms with van der Waals surface area (Å²) in [4.78, 5) is 25.3. The molecule has 1 amide bonds. The van der Waals surface area contributed by atoms with Crippen molar-refractivity contribution >= 4 is 17.4 Å². The highest BCUT2D eigenvalue weighted by atomic mass is 16.5. The number of hydrogen-bond donors (Lipinski definition) is 2. The molecule has 0 saturated heterocycles. The zero-order valence-electron chi connectivity index (χ0n) is 21.8. The molecule has 2 aromatic rings. The molecule has 0 heterocycles. The van der Waals surface area contributed by atoms with Crippen molar-refractivity contribution in [2.24, 2.45) is 0 Å². The van der Waals surface area contributed by atoms with Gasteiger partial charge < -0.3 is 15.2 Å². The number of ketones is 1. The minimum atomic E-state index is -0.187. The summed E-state index contributed by atoms with van der Waals surface area (Å²) in [5.74, 6) is 0.588. The Morgan fingerprint density at radius 2 is 1.76 bits per heavy atom. The van der Waals surface area contributed by atoms with Crippen LogP contribution < -0.4 is 10.1 Å². The first kappa shape index (κ1) is 27.4. The molecule has 5 heteroatoms. The van der Waals surface area contributed by atoms with Gasteiger partial charge in [0, 0.05) is 23.7 Å². The molecule has 0 fully saturated rings. The summed E-state index contributed by atoms with van der Waals surface area (Å²) in [6, 6.07) is 10.7.